The van der Waals surface area contributed by atoms with Crippen molar-refractivity contribution >= 4 is 17.7 Å². The van der Waals surface area contributed by atoms with Gasteiger partial charge in [0, 0.05) is 11.3 Å². The van der Waals surface area contributed by atoms with Crippen LogP contribution in [0.25, 0.3) is 0 Å². The van der Waals surface area contributed by atoms with E-state index in [1.54, 1.807) is 11.8 Å². The van der Waals surface area contributed by atoms with Crippen molar-refractivity contribution in [3.8, 4) is 5.88 Å². The summed E-state index contributed by atoms with van der Waals surface area (Å²) in [5.74, 6) is 4.50. The third-order valence-electron chi connectivity index (χ3n) is 9.10. The van der Waals surface area contributed by atoms with Crippen LogP contribution in [0.15, 0.2) is 9.42 Å². The molecule has 5 saturated carbocycles. The highest BCUT2D eigenvalue weighted by atomic mass is 32.2. The maximum atomic E-state index is 13.5. The van der Waals surface area contributed by atoms with Crippen LogP contribution in [0.4, 0.5) is 0 Å². The first-order chi connectivity index (χ1) is 16.2. The summed E-state index contributed by atoms with van der Waals surface area (Å²) >= 11 is 1.78. The average Bonchev–Trinajstić information content (AvgIpc) is 3.23. The van der Waals surface area contributed by atoms with Gasteiger partial charge in [0.15, 0.2) is 0 Å². The standard InChI is InChI=1S/C26H39N3O3S/c30-25(28-22-19-11-17-10-18(13-19)14-20(22)12-17)23-24(33-21-4-2-1-3-5-21)26(29-32-23)31-15-16-6-8-27-9-7-16/h16-22,27H,1-15H2,(H,28,30). The molecule has 0 unspecified atom stereocenters. The number of piperidine rings is 1. The molecular weight excluding hydrogens is 434 g/mol. The Bertz CT molecular complexity index is 803. The summed E-state index contributed by atoms with van der Waals surface area (Å²) in [6, 6.07) is 0.307. The molecule has 33 heavy (non-hydrogen) atoms. The molecule has 1 saturated heterocycles. The van der Waals surface area contributed by atoms with Gasteiger partial charge in [-0.3, -0.25) is 4.79 Å². The number of rotatable bonds is 7. The summed E-state index contributed by atoms with van der Waals surface area (Å²) < 4.78 is 11.9. The molecule has 0 atom stereocenters. The fourth-order valence-electron chi connectivity index (χ4n) is 7.58. The van der Waals surface area contributed by atoms with Gasteiger partial charge in [-0.2, -0.15) is 0 Å². The number of hydrogen-bond donors (Lipinski definition) is 2. The van der Waals surface area contributed by atoms with Crippen molar-refractivity contribution in [2.45, 2.75) is 93.2 Å². The van der Waals surface area contributed by atoms with Crippen molar-refractivity contribution in [3.63, 3.8) is 0 Å². The van der Waals surface area contributed by atoms with E-state index in [1.807, 2.05) is 0 Å². The fraction of sp³-hybridized carbons (Fsp3) is 0.846. The van der Waals surface area contributed by atoms with Crippen LogP contribution in [-0.2, 0) is 0 Å². The number of nitrogens with zero attached hydrogens (tertiary/aromatic N) is 1. The number of carbonyl (C=O) groups excluding carboxylic acids is 1. The van der Waals surface area contributed by atoms with E-state index < -0.39 is 0 Å². The molecule has 6 nitrogen and oxygen atoms in total. The van der Waals surface area contributed by atoms with Gasteiger partial charge in [0.25, 0.3) is 11.8 Å². The van der Waals surface area contributed by atoms with Crippen LogP contribution in [0.2, 0.25) is 0 Å². The van der Waals surface area contributed by atoms with Crippen molar-refractivity contribution in [1.82, 2.24) is 15.8 Å². The maximum absolute atomic E-state index is 13.5. The largest absolute Gasteiger partial charge is 0.474 e. The van der Waals surface area contributed by atoms with Gasteiger partial charge in [0.05, 0.1) is 6.61 Å². The minimum Gasteiger partial charge on any atom is -0.474 e. The first kappa shape index (κ1) is 22.3. The summed E-state index contributed by atoms with van der Waals surface area (Å²) in [5, 5.41) is 11.6. The van der Waals surface area contributed by atoms with Crippen molar-refractivity contribution in [3.05, 3.63) is 5.76 Å². The molecule has 0 aromatic carbocycles. The minimum atomic E-state index is -0.0741. The Morgan fingerprint density at radius 1 is 1.00 bits per heavy atom. The SMILES string of the molecule is O=C(NC1C2CC3CC(C2)CC1C3)c1onc(OCC2CCNCC2)c1SC1CCCCC1. The lowest BCUT2D eigenvalue weighted by Gasteiger charge is -2.54. The zero-order valence-electron chi connectivity index (χ0n) is 19.7. The van der Waals surface area contributed by atoms with Gasteiger partial charge in [0.2, 0.25) is 5.76 Å². The highest BCUT2D eigenvalue weighted by molar-refractivity contribution is 8.00. The van der Waals surface area contributed by atoms with Crippen molar-refractivity contribution in [2.24, 2.45) is 29.6 Å². The molecule has 1 aromatic rings. The van der Waals surface area contributed by atoms with Gasteiger partial charge >= 0.3 is 0 Å². The van der Waals surface area contributed by atoms with Crippen LogP contribution < -0.4 is 15.4 Å². The Labute approximate surface area is 201 Å². The Morgan fingerprint density at radius 3 is 2.39 bits per heavy atom. The van der Waals surface area contributed by atoms with Crippen molar-refractivity contribution in [2.75, 3.05) is 19.7 Å². The molecule has 7 rings (SSSR count). The lowest BCUT2D eigenvalue weighted by Crippen LogP contribution is -2.55. The highest BCUT2D eigenvalue weighted by Crippen LogP contribution is 2.54. The van der Waals surface area contributed by atoms with Crippen molar-refractivity contribution < 1.29 is 14.1 Å². The fourth-order valence-corrected chi connectivity index (χ4v) is 8.92. The van der Waals surface area contributed by atoms with Gasteiger partial charge in [0.1, 0.15) is 4.90 Å². The number of hydrogen-bond acceptors (Lipinski definition) is 6. The van der Waals surface area contributed by atoms with Crippen LogP contribution >= 0.6 is 11.8 Å². The third kappa shape index (κ3) is 4.82. The molecule has 1 aromatic heterocycles. The molecular formula is C26H39N3O3S. The number of ether oxygens (including phenoxy) is 1. The molecule has 6 aliphatic rings. The topological polar surface area (TPSA) is 76.4 Å². The van der Waals surface area contributed by atoms with E-state index in [9.17, 15) is 4.79 Å². The molecule has 0 radical (unpaired) electrons. The average molecular weight is 474 g/mol. The van der Waals surface area contributed by atoms with Gasteiger partial charge in [-0.1, -0.05) is 19.3 Å². The number of amides is 1. The number of nitrogens with one attached hydrogen (secondary N) is 2. The Morgan fingerprint density at radius 2 is 1.70 bits per heavy atom. The molecule has 182 valence electrons. The molecule has 2 heterocycles. The van der Waals surface area contributed by atoms with Gasteiger partial charge in [-0.05, 0) is 106 Å². The number of aromatic nitrogens is 1. The first-order valence-electron chi connectivity index (χ1n) is 13.5. The molecule has 6 fully saturated rings. The predicted octanol–water partition coefficient (Wildman–Crippen LogP) is 5.03. The third-order valence-corrected chi connectivity index (χ3v) is 10.5. The van der Waals surface area contributed by atoms with Crippen LogP contribution in [0.3, 0.4) is 0 Å². The van der Waals surface area contributed by atoms with E-state index in [1.165, 1.54) is 64.2 Å². The maximum Gasteiger partial charge on any atom is 0.291 e. The van der Waals surface area contributed by atoms with Crippen LogP contribution in [0, 0.1) is 29.6 Å². The molecule has 2 N–H and O–H groups in total. The Kier molecular flexibility index (Phi) is 6.62. The second-order valence-electron chi connectivity index (χ2n) is 11.5. The summed E-state index contributed by atoms with van der Waals surface area (Å²) in [5.41, 5.74) is 0. The highest BCUT2D eigenvalue weighted by Gasteiger charge is 2.49. The number of thioether (sulfide) groups is 1. The summed E-state index contributed by atoms with van der Waals surface area (Å²) in [6.45, 7) is 2.76. The number of carbonyl (C=O) groups is 1. The minimum absolute atomic E-state index is 0.0741. The molecule has 1 aliphatic heterocycles. The molecule has 4 bridgehead atoms. The molecule has 5 aliphatic carbocycles. The van der Waals surface area contributed by atoms with E-state index in [4.69, 9.17) is 9.26 Å². The zero-order chi connectivity index (χ0) is 22.2. The van der Waals surface area contributed by atoms with Crippen LogP contribution in [-0.4, -0.2) is 42.1 Å². The second kappa shape index (κ2) is 9.80. The monoisotopic (exact) mass is 473 g/mol. The molecule has 7 heteroatoms. The molecule has 1 amide bonds. The van der Waals surface area contributed by atoms with Gasteiger partial charge in [-0.25, -0.2) is 0 Å². The Hall–Kier alpha value is -1.21. The summed E-state index contributed by atoms with van der Waals surface area (Å²) in [7, 11) is 0. The summed E-state index contributed by atoms with van der Waals surface area (Å²) in [4.78, 5) is 14.3. The van der Waals surface area contributed by atoms with Crippen LogP contribution in [0.1, 0.15) is 87.6 Å². The van der Waals surface area contributed by atoms with E-state index in [2.05, 4.69) is 15.8 Å². The second-order valence-corrected chi connectivity index (χ2v) is 12.8. The quantitative estimate of drug-likeness (QED) is 0.578. The van der Waals surface area contributed by atoms with E-state index >= 15 is 0 Å². The molecule has 0 spiro atoms. The Balaban J connectivity index is 1.17. The zero-order valence-corrected chi connectivity index (χ0v) is 20.5. The van der Waals surface area contributed by atoms with Crippen molar-refractivity contribution in [1.29, 1.82) is 0 Å². The lowest BCUT2D eigenvalue weighted by molar-refractivity contribution is -0.0124. The summed E-state index contributed by atoms with van der Waals surface area (Å²) in [6.07, 6.45) is 15.1. The lowest BCUT2D eigenvalue weighted by atomic mass is 9.54. The normalized spacial score (nSPS) is 34.5. The first-order valence-corrected chi connectivity index (χ1v) is 14.4. The van der Waals surface area contributed by atoms with E-state index in [0.29, 0.717) is 47.3 Å². The van der Waals surface area contributed by atoms with Gasteiger partial charge in [-0.15, -0.1) is 11.8 Å². The van der Waals surface area contributed by atoms with Gasteiger partial charge < -0.3 is 19.9 Å². The van der Waals surface area contributed by atoms with E-state index in [0.717, 1.165) is 42.7 Å². The van der Waals surface area contributed by atoms with E-state index in [-0.39, 0.29) is 5.91 Å². The predicted molar refractivity (Wildman–Crippen MR) is 129 cm³/mol. The van der Waals surface area contributed by atoms with Crippen LogP contribution in [0.5, 0.6) is 5.88 Å². The smallest absolute Gasteiger partial charge is 0.291 e.